The number of esters is 1. The first-order valence-corrected chi connectivity index (χ1v) is 9.62. The fourth-order valence-corrected chi connectivity index (χ4v) is 3.64. The largest absolute Gasteiger partial charge is 0.482 e. The van der Waals surface area contributed by atoms with E-state index >= 15 is 0 Å². The number of nitrogens with two attached hydrogens (primary N) is 1. The molecular formula is C20H30N2O3. The summed E-state index contributed by atoms with van der Waals surface area (Å²) in [5, 5.41) is 0. The zero-order valence-electron chi connectivity index (χ0n) is 15.2. The third-order valence-electron chi connectivity index (χ3n) is 5.14. The highest BCUT2D eigenvalue weighted by Gasteiger charge is 2.30. The third-order valence-corrected chi connectivity index (χ3v) is 5.14. The molecule has 0 amide bonds. The molecule has 0 heterocycles. The van der Waals surface area contributed by atoms with Crippen molar-refractivity contribution in [3.63, 3.8) is 0 Å². The number of carbonyl (C=O) groups is 1. The molecule has 138 valence electrons. The van der Waals surface area contributed by atoms with Crippen LogP contribution in [0, 0.1) is 5.92 Å². The van der Waals surface area contributed by atoms with Crippen LogP contribution in [0.25, 0.3) is 0 Å². The molecule has 2 N–H and O–H groups in total. The van der Waals surface area contributed by atoms with Gasteiger partial charge in [0.2, 0.25) is 0 Å². The molecule has 3 rings (SSSR count). The molecule has 5 nitrogen and oxygen atoms in total. The number of ether oxygens (including phenoxy) is 2. The molecule has 0 bridgehead atoms. The van der Waals surface area contributed by atoms with Crippen LogP contribution in [0.5, 0.6) is 5.75 Å². The molecule has 2 saturated carbocycles. The maximum atomic E-state index is 11.4. The van der Waals surface area contributed by atoms with E-state index in [1.807, 2.05) is 18.2 Å². The Kier molecular flexibility index (Phi) is 6.05. The highest BCUT2D eigenvalue weighted by molar-refractivity contribution is 5.72. The van der Waals surface area contributed by atoms with E-state index in [0.717, 1.165) is 23.8 Å². The van der Waals surface area contributed by atoms with E-state index in [9.17, 15) is 4.79 Å². The van der Waals surface area contributed by atoms with Gasteiger partial charge in [-0.15, -0.1) is 0 Å². The number of benzene rings is 1. The smallest absolute Gasteiger partial charge is 0.344 e. The van der Waals surface area contributed by atoms with Gasteiger partial charge in [-0.25, -0.2) is 4.79 Å². The molecule has 5 heteroatoms. The summed E-state index contributed by atoms with van der Waals surface area (Å²) < 4.78 is 10.4. The van der Waals surface area contributed by atoms with Crippen molar-refractivity contribution in [3.05, 3.63) is 18.2 Å². The lowest BCUT2D eigenvalue weighted by molar-refractivity contribution is -0.145. The molecule has 25 heavy (non-hydrogen) atoms. The van der Waals surface area contributed by atoms with Crippen molar-refractivity contribution in [1.82, 2.24) is 0 Å². The molecule has 2 aliphatic carbocycles. The van der Waals surface area contributed by atoms with Gasteiger partial charge in [0, 0.05) is 18.7 Å². The molecule has 0 radical (unpaired) electrons. The van der Waals surface area contributed by atoms with Crippen LogP contribution in [0.15, 0.2) is 18.2 Å². The van der Waals surface area contributed by atoms with Crippen molar-refractivity contribution in [2.75, 3.05) is 30.4 Å². The summed E-state index contributed by atoms with van der Waals surface area (Å²) in [6, 6.07) is 6.39. The maximum absolute atomic E-state index is 11.4. The van der Waals surface area contributed by atoms with Crippen LogP contribution in [0.2, 0.25) is 0 Å². The number of carbonyl (C=O) groups excluding carboxylic acids is 1. The summed E-state index contributed by atoms with van der Waals surface area (Å²) in [7, 11) is 0. The van der Waals surface area contributed by atoms with Crippen molar-refractivity contribution in [2.24, 2.45) is 5.92 Å². The Morgan fingerprint density at radius 2 is 1.96 bits per heavy atom. The molecule has 2 aliphatic rings. The maximum Gasteiger partial charge on any atom is 0.344 e. The quantitative estimate of drug-likeness (QED) is 0.573. The van der Waals surface area contributed by atoms with Crippen molar-refractivity contribution in [2.45, 2.75) is 57.9 Å². The van der Waals surface area contributed by atoms with E-state index in [1.54, 1.807) is 6.92 Å². The summed E-state index contributed by atoms with van der Waals surface area (Å²) in [6.07, 6.45) is 9.16. The standard InChI is InChI=1S/C20H30N2O3/c1-2-24-20(23)14-25-17-10-11-19(18(21)12-17)22(13-15-8-9-15)16-6-4-3-5-7-16/h10-12,15-16H,2-9,13-14,21H2,1H3. The van der Waals surface area contributed by atoms with Gasteiger partial charge < -0.3 is 20.1 Å². The van der Waals surface area contributed by atoms with E-state index < -0.39 is 0 Å². The fourth-order valence-electron chi connectivity index (χ4n) is 3.64. The zero-order valence-corrected chi connectivity index (χ0v) is 15.2. The lowest BCUT2D eigenvalue weighted by Gasteiger charge is -2.37. The normalized spacial score (nSPS) is 18.0. The molecule has 0 unspecified atom stereocenters. The minimum absolute atomic E-state index is 0.0823. The first-order valence-electron chi connectivity index (χ1n) is 9.62. The molecule has 0 aromatic heterocycles. The van der Waals surface area contributed by atoms with Crippen LogP contribution < -0.4 is 15.4 Å². The molecule has 0 aliphatic heterocycles. The van der Waals surface area contributed by atoms with Crippen LogP contribution in [0.3, 0.4) is 0 Å². The summed E-state index contributed by atoms with van der Waals surface area (Å²) in [5.41, 5.74) is 8.19. The minimum atomic E-state index is -0.359. The van der Waals surface area contributed by atoms with Crippen molar-refractivity contribution in [3.8, 4) is 5.75 Å². The molecule has 0 saturated heterocycles. The Morgan fingerprint density at radius 3 is 2.60 bits per heavy atom. The van der Waals surface area contributed by atoms with Gasteiger partial charge in [0.15, 0.2) is 6.61 Å². The monoisotopic (exact) mass is 346 g/mol. The summed E-state index contributed by atoms with van der Waals surface area (Å²) in [5.74, 6) is 1.08. The van der Waals surface area contributed by atoms with Crippen LogP contribution >= 0.6 is 0 Å². The predicted molar refractivity (Wildman–Crippen MR) is 99.9 cm³/mol. The van der Waals surface area contributed by atoms with Crippen LogP contribution in [0.1, 0.15) is 51.9 Å². The summed E-state index contributed by atoms with van der Waals surface area (Å²) >= 11 is 0. The number of hydrogen-bond donors (Lipinski definition) is 1. The second-order valence-corrected chi connectivity index (χ2v) is 7.20. The molecule has 1 aromatic rings. The first-order chi connectivity index (χ1) is 12.2. The van der Waals surface area contributed by atoms with Gasteiger partial charge in [0.1, 0.15) is 5.75 Å². The summed E-state index contributed by atoms with van der Waals surface area (Å²) in [6.45, 7) is 3.17. The highest BCUT2D eigenvalue weighted by atomic mass is 16.6. The number of nitrogens with zero attached hydrogens (tertiary/aromatic N) is 1. The zero-order chi connectivity index (χ0) is 17.6. The molecule has 0 atom stereocenters. The average Bonchev–Trinajstić information content (AvgIpc) is 3.44. The van der Waals surface area contributed by atoms with Crippen LogP contribution in [0.4, 0.5) is 11.4 Å². The lowest BCUT2D eigenvalue weighted by Crippen LogP contribution is -2.38. The van der Waals surface area contributed by atoms with Gasteiger partial charge >= 0.3 is 5.97 Å². The molecule has 1 aromatic carbocycles. The number of rotatable bonds is 8. The second kappa shape index (κ2) is 8.45. The van der Waals surface area contributed by atoms with E-state index in [1.165, 1.54) is 44.9 Å². The predicted octanol–water partition coefficient (Wildman–Crippen LogP) is 3.76. The summed E-state index contributed by atoms with van der Waals surface area (Å²) in [4.78, 5) is 14.0. The number of nitrogen functional groups attached to an aromatic ring is 1. The third kappa shape index (κ3) is 5.03. The van der Waals surface area contributed by atoms with E-state index in [-0.39, 0.29) is 12.6 Å². The van der Waals surface area contributed by atoms with E-state index in [0.29, 0.717) is 18.4 Å². The Morgan fingerprint density at radius 1 is 1.20 bits per heavy atom. The van der Waals surface area contributed by atoms with E-state index in [4.69, 9.17) is 15.2 Å². The lowest BCUT2D eigenvalue weighted by atomic mass is 9.93. The molecule has 2 fully saturated rings. The average molecular weight is 346 g/mol. The highest BCUT2D eigenvalue weighted by Crippen LogP contribution is 2.38. The second-order valence-electron chi connectivity index (χ2n) is 7.20. The minimum Gasteiger partial charge on any atom is -0.482 e. The van der Waals surface area contributed by atoms with Crippen LogP contribution in [-0.4, -0.2) is 31.8 Å². The van der Waals surface area contributed by atoms with Gasteiger partial charge in [-0.2, -0.15) is 0 Å². The van der Waals surface area contributed by atoms with Gasteiger partial charge in [-0.05, 0) is 50.7 Å². The van der Waals surface area contributed by atoms with Gasteiger partial charge in [-0.3, -0.25) is 0 Å². The topological polar surface area (TPSA) is 64.8 Å². The SMILES string of the molecule is CCOC(=O)COc1ccc(N(CC2CC2)C2CCCCC2)c(N)c1. The molecular weight excluding hydrogens is 316 g/mol. The van der Waals surface area contributed by atoms with E-state index in [2.05, 4.69) is 4.90 Å². The van der Waals surface area contributed by atoms with Gasteiger partial charge in [-0.1, -0.05) is 19.3 Å². The Hall–Kier alpha value is -1.91. The number of anilines is 2. The fraction of sp³-hybridized carbons (Fsp3) is 0.650. The van der Waals surface area contributed by atoms with Crippen LogP contribution in [-0.2, 0) is 9.53 Å². The Balaban J connectivity index is 1.68. The van der Waals surface area contributed by atoms with Crippen molar-refractivity contribution in [1.29, 1.82) is 0 Å². The van der Waals surface area contributed by atoms with Crippen molar-refractivity contribution >= 4 is 17.3 Å². The Bertz CT molecular complexity index is 580. The molecule has 0 spiro atoms. The Labute approximate surface area is 150 Å². The number of hydrogen-bond acceptors (Lipinski definition) is 5. The van der Waals surface area contributed by atoms with Crippen molar-refractivity contribution < 1.29 is 14.3 Å². The first kappa shape index (κ1) is 17.9. The van der Waals surface area contributed by atoms with Gasteiger partial charge in [0.05, 0.1) is 18.0 Å². The van der Waals surface area contributed by atoms with Gasteiger partial charge in [0.25, 0.3) is 0 Å².